The third-order valence-corrected chi connectivity index (χ3v) is 3.77. The maximum Gasteiger partial charge on any atom is 0.231 e. The van der Waals surface area contributed by atoms with Gasteiger partial charge in [0.05, 0.1) is 23.7 Å². The SMILES string of the molecule is O=NN(CCN(CN1C(=O)CCC1=O)N=O)CN1C(=O)CCC1=O. The van der Waals surface area contributed by atoms with Crippen molar-refractivity contribution in [3.63, 3.8) is 0 Å². The molecule has 0 saturated carbocycles. The fraction of sp³-hybridized carbons (Fsp3) is 0.667. The number of rotatable bonds is 9. The van der Waals surface area contributed by atoms with Crippen LogP contribution in [0.15, 0.2) is 10.6 Å². The first-order valence-corrected chi connectivity index (χ1v) is 7.29. The molecule has 0 bridgehead atoms. The molecule has 4 amide bonds. The zero-order chi connectivity index (χ0) is 17.7. The molecule has 130 valence electrons. The smallest absolute Gasteiger partial charge is 0.231 e. The Bertz CT molecular complexity index is 498. The van der Waals surface area contributed by atoms with Gasteiger partial charge in [-0.05, 0) is 0 Å². The normalized spacial score (nSPS) is 17.7. The van der Waals surface area contributed by atoms with Crippen LogP contribution in [0.4, 0.5) is 0 Å². The highest BCUT2D eigenvalue weighted by molar-refractivity contribution is 6.02. The molecular weight excluding hydrogens is 324 g/mol. The molecule has 2 aliphatic heterocycles. The molecule has 0 aromatic carbocycles. The Labute approximate surface area is 136 Å². The average Bonchev–Trinajstić information content (AvgIpc) is 3.06. The number of hydrogen-bond acceptors (Lipinski definition) is 8. The van der Waals surface area contributed by atoms with E-state index in [-0.39, 0.29) is 52.1 Å². The molecule has 12 nitrogen and oxygen atoms in total. The average molecular weight is 340 g/mol. The highest BCUT2D eigenvalue weighted by Gasteiger charge is 2.32. The van der Waals surface area contributed by atoms with E-state index in [0.717, 1.165) is 19.8 Å². The van der Waals surface area contributed by atoms with Gasteiger partial charge in [-0.2, -0.15) is 0 Å². The fourth-order valence-electron chi connectivity index (χ4n) is 2.39. The monoisotopic (exact) mass is 340 g/mol. The summed E-state index contributed by atoms with van der Waals surface area (Å²) in [5, 5.41) is 7.21. The lowest BCUT2D eigenvalue weighted by Gasteiger charge is -2.25. The maximum absolute atomic E-state index is 11.5. The quantitative estimate of drug-likeness (QED) is 0.301. The molecule has 2 fully saturated rings. The third kappa shape index (κ3) is 3.88. The molecule has 2 aliphatic rings. The lowest BCUT2D eigenvalue weighted by molar-refractivity contribution is -0.143. The van der Waals surface area contributed by atoms with Gasteiger partial charge in [0.15, 0.2) is 0 Å². The molecule has 0 radical (unpaired) electrons. The van der Waals surface area contributed by atoms with E-state index in [9.17, 15) is 29.0 Å². The van der Waals surface area contributed by atoms with Crippen LogP contribution >= 0.6 is 0 Å². The first-order chi connectivity index (χ1) is 11.5. The third-order valence-electron chi connectivity index (χ3n) is 3.77. The van der Waals surface area contributed by atoms with Crippen molar-refractivity contribution in [3.8, 4) is 0 Å². The van der Waals surface area contributed by atoms with Crippen LogP contribution in [-0.4, -0.2) is 69.9 Å². The number of amides is 4. The van der Waals surface area contributed by atoms with Crippen LogP contribution in [-0.2, 0) is 19.2 Å². The van der Waals surface area contributed by atoms with Crippen LogP contribution < -0.4 is 0 Å². The Balaban J connectivity index is 1.86. The van der Waals surface area contributed by atoms with Crippen molar-refractivity contribution in [2.45, 2.75) is 25.7 Å². The van der Waals surface area contributed by atoms with Gasteiger partial charge < -0.3 is 0 Å². The molecule has 0 aliphatic carbocycles. The fourth-order valence-corrected chi connectivity index (χ4v) is 2.39. The molecule has 2 rings (SSSR count). The zero-order valence-corrected chi connectivity index (χ0v) is 12.8. The van der Waals surface area contributed by atoms with E-state index in [4.69, 9.17) is 0 Å². The summed E-state index contributed by atoms with van der Waals surface area (Å²) in [7, 11) is 0. The molecule has 0 aromatic heterocycles. The van der Waals surface area contributed by atoms with E-state index in [1.807, 2.05) is 0 Å². The van der Waals surface area contributed by atoms with Gasteiger partial charge in [-0.3, -0.25) is 29.0 Å². The predicted octanol–water partition coefficient (Wildman–Crippen LogP) is -0.834. The minimum atomic E-state index is -0.396. The summed E-state index contributed by atoms with van der Waals surface area (Å²) in [4.78, 5) is 69.5. The van der Waals surface area contributed by atoms with Gasteiger partial charge in [0, 0.05) is 25.7 Å². The van der Waals surface area contributed by atoms with Gasteiger partial charge in [0.1, 0.15) is 13.3 Å². The number of carbonyl (C=O) groups excluding carboxylic acids is 4. The first kappa shape index (κ1) is 17.4. The Morgan fingerprint density at radius 3 is 1.21 bits per heavy atom. The molecule has 0 spiro atoms. The van der Waals surface area contributed by atoms with Crippen molar-refractivity contribution >= 4 is 23.6 Å². The minimum absolute atomic E-state index is 0.0900. The maximum atomic E-state index is 11.5. The summed E-state index contributed by atoms with van der Waals surface area (Å²) >= 11 is 0. The van der Waals surface area contributed by atoms with Crippen LogP contribution in [0.25, 0.3) is 0 Å². The lowest BCUT2D eigenvalue weighted by Crippen LogP contribution is -2.43. The number of hydrogen-bond donors (Lipinski definition) is 0. The van der Waals surface area contributed by atoms with E-state index >= 15 is 0 Å². The van der Waals surface area contributed by atoms with Crippen molar-refractivity contribution in [3.05, 3.63) is 9.81 Å². The summed E-state index contributed by atoms with van der Waals surface area (Å²) in [5.41, 5.74) is 0. The topological polar surface area (TPSA) is 140 Å². The van der Waals surface area contributed by atoms with Crippen LogP contribution in [0, 0.1) is 9.81 Å². The van der Waals surface area contributed by atoms with Crippen LogP contribution in [0.1, 0.15) is 25.7 Å². The minimum Gasteiger partial charge on any atom is -0.274 e. The number of imide groups is 2. The van der Waals surface area contributed by atoms with E-state index in [1.165, 1.54) is 0 Å². The largest absolute Gasteiger partial charge is 0.274 e. The molecular formula is C12H16N6O6. The number of nitrogens with zero attached hydrogens (tertiary/aromatic N) is 6. The van der Waals surface area contributed by atoms with Gasteiger partial charge in [-0.15, -0.1) is 9.81 Å². The van der Waals surface area contributed by atoms with Crippen molar-refractivity contribution in [1.82, 2.24) is 19.8 Å². The zero-order valence-electron chi connectivity index (χ0n) is 12.8. The van der Waals surface area contributed by atoms with Crippen molar-refractivity contribution in [2.75, 3.05) is 26.4 Å². The first-order valence-electron chi connectivity index (χ1n) is 7.29. The summed E-state index contributed by atoms with van der Waals surface area (Å²) < 4.78 is 0. The standard InChI is InChI=1S/C12H16N6O6/c19-9-1-2-10(20)17(9)7-15(13-23)5-6-16(14-24)8-18-11(21)3-4-12(18)22/h1-8H2. The van der Waals surface area contributed by atoms with E-state index in [1.54, 1.807) is 0 Å². The predicted molar refractivity (Wildman–Crippen MR) is 76.9 cm³/mol. The molecule has 0 atom stereocenters. The van der Waals surface area contributed by atoms with Crippen LogP contribution in [0.5, 0.6) is 0 Å². The molecule has 24 heavy (non-hydrogen) atoms. The van der Waals surface area contributed by atoms with Crippen molar-refractivity contribution < 1.29 is 19.2 Å². The van der Waals surface area contributed by atoms with Gasteiger partial charge in [-0.25, -0.2) is 10.0 Å². The molecule has 0 N–H and O–H groups in total. The number of likely N-dealkylation sites (tertiary alicyclic amines) is 2. The van der Waals surface area contributed by atoms with Gasteiger partial charge >= 0.3 is 0 Å². The Hall–Kier alpha value is -2.92. The second-order valence-corrected chi connectivity index (χ2v) is 5.34. The highest BCUT2D eigenvalue weighted by Crippen LogP contribution is 2.14. The van der Waals surface area contributed by atoms with E-state index < -0.39 is 23.6 Å². The number of nitroso groups, excluding NO2 is 2. The number of carbonyl (C=O) groups is 4. The molecule has 0 aromatic rings. The second kappa shape index (κ2) is 7.57. The molecule has 12 heteroatoms. The summed E-state index contributed by atoms with van der Waals surface area (Å²) in [5.74, 6) is -1.58. The molecule has 2 heterocycles. The van der Waals surface area contributed by atoms with E-state index in [2.05, 4.69) is 10.6 Å². The summed E-state index contributed by atoms with van der Waals surface area (Å²) in [6, 6.07) is 0. The molecule has 2 saturated heterocycles. The van der Waals surface area contributed by atoms with E-state index in [0.29, 0.717) is 0 Å². The Kier molecular flexibility index (Phi) is 5.50. The van der Waals surface area contributed by atoms with Crippen molar-refractivity contribution in [1.29, 1.82) is 0 Å². The second-order valence-electron chi connectivity index (χ2n) is 5.34. The van der Waals surface area contributed by atoms with Gasteiger partial charge in [-0.1, -0.05) is 0 Å². The Morgan fingerprint density at radius 2 is 0.958 bits per heavy atom. The van der Waals surface area contributed by atoms with Gasteiger partial charge in [0.25, 0.3) is 0 Å². The van der Waals surface area contributed by atoms with Crippen LogP contribution in [0.3, 0.4) is 0 Å². The highest BCUT2D eigenvalue weighted by atomic mass is 16.3. The summed E-state index contributed by atoms with van der Waals surface area (Å²) in [6.07, 6.45) is 0.360. The van der Waals surface area contributed by atoms with Crippen LogP contribution in [0.2, 0.25) is 0 Å². The summed E-state index contributed by atoms with van der Waals surface area (Å²) in [6.45, 7) is -0.837. The van der Waals surface area contributed by atoms with Crippen molar-refractivity contribution in [2.24, 2.45) is 10.6 Å². The molecule has 0 unspecified atom stereocenters. The lowest BCUT2D eigenvalue weighted by atomic mass is 10.4. The Morgan fingerprint density at radius 1 is 0.667 bits per heavy atom. The van der Waals surface area contributed by atoms with Gasteiger partial charge in [0.2, 0.25) is 23.6 Å².